The van der Waals surface area contributed by atoms with Crippen molar-refractivity contribution in [3.05, 3.63) is 35.4 Å². The highest BCUT2D eigenvalue weighted by Gasteiger charge is 2.35. The molecule has 1 fully saturated rings. The minimum absolute atomic E-state index is 0.0502. The van der Waals surface area contributed by atoms with Crippen molar-refractivity contribution in [3.63, 3.8) is 0 Å². The first-order chi connectivity index (χ1) is 10.1. The molecule has 1 unspecified atom stereocenters. The van der Waals surface area contributed by atoms with E-state index in [2.05, 4.69) is 12.1 Å². The van der Waals surface area contributed by atoms with Gasteiger partial charge in [0.05, 0.1) is 25.7 Å². The van der Waals surface area contributed by atoms with Crippen molar-refractivity contribution < 1.29 is 19.4 Å². The van der Waals surface area contributed by atoms with Crippen LogP contribution >= 0.6 is 0 Å². The van der Waals surface area contributed by atoms with Gasteiger partial charge in [-0.25, -0.2) is 0 Å². The summed E-state index contributed by atoms with van der Waals surface area (Å²) >= 11 is 0. The Morgan fingerprint density at radius 3 is 2.52 bits per heavy atom. The van der Waals surface area contributed by atoms with Gasteiger partial charge in [0.2, 0.25) is 5.91 Å². The highest BCUT2D eigenvalue weighted by atomic mass is 16.5. The van der Waals surface area contributed by atoms with Crippen LogP contribution in [0.4, 0.5) is 0 Å². The Morgan fingerprint density at radius 2 is 1.90 bits per heavy atom. The van der Waals surface area contributed by atoms with Crippen LogP contribution in [0, 0.1) is 5.92 Å². The summed E-state index contributed by atoms with van der Waals surface area (Å²) < 4.78 is 5.33. The molecule has 5 heteroatoms. The summed E-state index contributed by atoms with van der Waals surface area (Å²) in [6.45, 7) is 1.29. The maximum Gasteiger partial charge on any atom is 0.305 e. The summed E-state index contributed by atoms with van der Waals surface area (Å²) in [5.74, 6) is -0.879. The van der Waals surface area contributed by atoms with Crippen molar-refractivity contribution in [2.24, 2.45) is 5.92 Å². The van der Waals surface area contributed by atoms with E-state index in [1.807, 2.05) is 12.1 Å². The van der Waals surface area contributed by atoms with E-state index in [1.54, 1.807) is 4.90 Å². The van der Waals surface area contributed by atoms with Gasteiger partial charge in [0.15, 0.2) is 0 Å². The molecular formula is C16H19NO4. The molecule has 21 heavy (non-hydrogen) atoms. The number of nitrogens with zero attached hydrogens (tertiary/aromatic N) is 1. The second kappa shape index (κ2) is 5.85. The van der Waals surface area contributed by atoms with Gasteiger partial charge in [0.25, 0.3) is 0 Å². The molecule has 0 aromatic heterocycles. The number of carboxylic acid groups (broad SMARTS) is 1. The number of hydrogen-bond donors (Lipinski definition) is 1. The molecule has 0 saturated carbocycles. The van der Waals surface area contributed by atoms with E-state index in [4.69, 9.17) is 9.84 Å². The summed E-state index contributed by atoms with van der Waals surface area (Å²) in [6, 6.07) is 7.78. The molecule has 1 N–H and O–H groups in total. The summed E-state index contributed by atoms with van der Waals surface area (Å²) in [4.78, 5) is 25.4. The fourth-order valence-corrected chi connectivity index (χ4v) is 3.28. The van der Waals surface area contributed by atoms with Gasteiger partial charge in [0, 0.05) is 12.5 Å². The molecule has 2 aliphatic rings. The Kier molecular flexibility index (Phi) is 3.92. The molecule has 1 saturated heterocycles. The Hall–Kier alpha value is -1.88. The Balaban J connectivity index is 1.71. The molecule has 112 valence electrons. The number of fused-ring (bicyclic) bond motifs is 1. The van der Waals surface area contributed by atoms with Gasteiger partial charge < -0.3 is 14.7 Å². The molecule has 1 atom stereocenters. The normalized spacial score (nSPS) is 22.1. The number of benzene rings is 1. The topological polar surface area (TPSA) is 66.8 Å². The fraction of sp³-hybridized carbons (Fsp3) is 0.500. The van der Waals surface area contributed by atoms with Crippen LogP contribution < -0.4 is 0 Å². The van der Waals surface area contributed by atoms with Crippen LogP contribution in [0.2, 0.25) is 0 Å². The molecule has 0 spiro atoms. The maximum atomic E-state index is 12.7. The number of carbonyl (C=O) groups excluding carboxylic acids is 1. The van der Waals surface area contributed by atoms with E-state index in [1.165, 1.54) is 11.1 Å². The van der Waals surface area contributed by atoms with E-state index in [0.29, 0.717) is 19.8 Å². The lowest BCUT2D eigenvalue weighted by atomic mass is 10.0. The average molecular weight is 289 g/mol. The van der Waals surface area contributed by atoms with Gasteiger partial charge in [0.1, 0.15) is 0 Å². The standard InChI is InChI=1S/C16H19NO4/c18-15(19)9-14-10-21-6-5-17(14)16(20)13-7-11-3-1-2-4-12(11)8-13/h1-4,13-14H,5-10H2,(H,18,19). The van der Waals surface area contributed by atoms with Crippen molar-refractivity contribution in [2.75, 3.05) is 19.8 Å². The number of amides is 1. The number of ether oxygens (including phenoxy) is 1. The maximum absolute atomic E-state index is 12.7. The SMILES string of the molecule is O=C(O)CC1COCCN1C(=O)C1Cc2ccccc2C1. The first-order valence-corrected chi connectivity index (χ1v) is 7.32. The van der Waals surface area contributed by atoms with Crippen LogP contribution in [0.3, 0.4) is 0 Å². The molecule has 1 aromatic carbocycles. The van der Waals surface area contributed by atoms with Crippen LogP contribution in [0.25, 0.3) is 0 Å². The van der Waals surface area contributed by atoms with Crippen molar-refractivity contribution in [1.29, 1.82) is 0 Å². The lowest BCUT2D eigenvalue weighted by molar-refractivity contribution is -0.148. The molecule has 1 heterocycles. The van der Waals surface area contributed by atoms with E-state index >= 15 is 0 Å². The number of aliphatic carboxylic acids is 1. The number of carbonyl (C=O) groups is 2. The van der Waals surface area contributed by atoms with E-state index < -0.39 is 5.97 Å². The number of hydrogen-bond acceptors (Lipinski definition) is 3. The zero-order valence-electron chi connectivity index (χ0n) is 11.8. The third kappa shape index (κ3) is 2.93. The zero-order chi connectivity index (χ0) is 14.8. The van der Waals surface area contributed by atoms with Crippen LogP contribution in [0.5, 0.6) is 0 Å². The molecular weight excluding hydrogens is 270 g/mol. The Labute approximate surface area is 123 Å². The van der Waals surface area contributed by atoms with Gasteiger partial charge in [-0.1, -0.05) is 24.3 Å². The molecule has 1 aliphatic heterocycles. The molecule has 0 radical (unpaired) electrons. The fourth-order valence-electron chi connectivity index (χ4n) is 3.28. The number of carboxylic acids is 1. The first-order valence-electron chi connectivity index (χ1n) is 7.32. The second-order valence-corrected chi connectivity index (χ2v) is 5.73. The minimum Gasteiger partial charge on any atom is -0.481 e. The number of morpholine rings is 1. The molecule has 5 nitrogen and oxygen atoms in total. The second-order valence-electron chi connectivity index (χ2n) is 5.73. The smallest absolute Gasteiger partial charge is 0.305 e. The van der Waals surface area contributed by atoms with E-state index in [9.17, 15) is 9.59 Å². The minimum atomic E-state index is -0.891. The Morgan fingerprint density at radius 1 is 1.24 bits per heavy atom. The summed E-state index contributed by atoms with van der Waals surface area (Å²) in [5, 5.41) is 8.98. The van der Waals surface area contributed by atoms with Crippen LogP contribution in [-0.2, 0) is 27.2 Å². The predicted molar refractivity (Wildman–Crippen MR) is 75.9 cm³/mol. The monoisotopic (exact) mass is 289 g/mol. The van der Waals surface area contributed by atoms with E-state index in [0.717, 1.165) is 12.8 Å². The number of rotatable bonds is 3. The van der Waals surface area contributed by atoms with Gasteiger partial charge in [-0.15, -0.1) is 0 Å². The summed E-state index contributed by atoms with van der Waals surface area (Å²) in [6.07, 6.45) is 1.46. The van der Waals surface area contributed by atoms with Crippen LogP contribution in [-0.4, -0.2) is 47.7 Å². The van der Waals surface area contributed by atoms with Gasteiger partial charge in [-0.05, 0) is 24.0 Å². The third-order valence-electron chi connectivity index (χ3n) is 4.32. The highest BCUT2D eigenvalue weighted by Crippen LogP contribution is 2.29. The lowest BCUT2D eigenvalue weighted by Gasteiger charge is -2.36. The molecule has 1 aromatic rings. The third-order valence-corrected chi connectivity index (χ3v) is 4.32. The Bertz CT molecular complexity index is 532. The predicted octanol–water partition coefficient (Wildman–Crippen LogP) is 1.10. The zero-order valence-corrected chi connectivity index (χ0v) is 11.8. The lowest BCUT2D eigenvalue weighted by Crippen LogP contribution is -2.51. The largest absolute Gasteiger partial charge is 0.481 e. The van der Waals surface area contributed by atoms with E-state index in [-0.39, 0.29) is 24.3 Å². The summed E-state index contributed by atoms with van der Waals surface area (Å²) in [7, 11) is 0. The van der Waals surface area contributed by atoms with Gasteiger partial charge >= 0.3 is 5.97 Å². The first kappa shape index (κ1) is 14.1. The molecule has 1 amide bonds. The van der Waals surface area contributed by atoms with Crippen molar-refractivity contribution in [2.45, 2.75) is 25.3 Å². The average Bonchev–Trinajstić information content (AvgIpc) is 2.90. The van der Waals surface area contributed by atoms with Crippen molar-refractivity contribution in [1.82, 2.24) is 4.90 Å². The van der Waals surface area contributed by atoms with Crippen molar-refractivity contribution in [3.8, 4) is 0 Å². The molecule has 1 aliphatic carbocycles. The van der Waals surface area contributed by atoms with Crippen molar-refractivity contribution >= 4 is 11.9 Å². The quantitative estimate of drug-likeness (QED) is 0.905. The summed E-state index contributed by atoms with van der Waals surface area (Å²) in [5.41, 5.74) is 2.47. The molecule has 3 rings (SSSR count). The highest BCUT2D eigenvalue weighted by molar-refractivity contribution is 5.81. The van der Waals surface area contributed by atoms with Crippen LogP contribution in [0.15, 0.2) is 24.3 Å². The van der Waals surface area contributed by atoms with Gasteiger partial charge in [-0.2, -0.15) is 0 Å². The molecule has 0 bridgehead atoms. The van der Waals surface area contributed by atoms with Crippen LogP contribution in [0.1, 0.15) is 17.5 Å². The van der Waals surface area contributed by atoms with Gasteiger partial charge in [-0.3, -0.25) is 9.59 Å².